The zero-order valence-electron chi connectivity index (χ0n) is 9.26. The largest absolute Gasteiger partial charge is 0.346 e. The number of rotatable bonds is 0. The van der Waals surface area contributed by atoms with Gasteiger partial charge in [-0.2, -0.15) is 0 Å². The number of nitrogens with zero attached hydrogens (tertiary/aromatic N) is 3. The van der Waals surface area contributed by atoms with E-state index in [-0.39, 0.29) is 0 Å². The lowest BCUT2D eigenvalue weighted by Gasteiger charge is -1.66. The molecule has 17 heavy (non-hydrogen) atoms. The van der Waals surface area contributed by atoms with Gasteiger partial charge in [-0.3, -0.25) is 0 Å². The SMILES string of the molecule is c1ccccccnnnocccccc1. The van der Waals surface area contributed by atoms with Gasteiger partial charge in [0.05, 0.1) is 11.5 Å². The lowest BCUT2D eigenvalue weighted by molar-refractivity contribution is 0.356. The molecule has 86 valence electrons. The van der Waals surface area contributed by atoms with Gasteiger partial charge in [-0.25, -0.2) is 0 Å². The highest BCUT2D eigenvalue weighted by Crippen LogP contribution is 1.78. The van der Waals surface area contributed by atoms with Gasteiger partial charge < -0.3 is 4.52 Å². The third-order valence-electron chi connectivity index (χ3n) is 1.54. The van der Waals surface area contributed by atoms with Crippen LogP contribution >= 0.6 is 0 Å². The van der Waals surface area contributed by atoms with Crippen molar-refractivity contribution in [2.45, 2.75) is 0 Å². The van der Waals surface area contributed by atoms with Gasteiger partial charge in [0.1, 0.15) is 6.26 Å². The summed E-state index contributed by atoms with van der Waals surface area (Å²) in [6.45, 7) is 0. The summed E-state index contributed by atoms with van der Waals surface area (Å²) in [6, 6.07) is 20.5. The Hall–Kier alpha value is -2.49. The van der Waals surface area contributed by atoms with Crippen LogP contribution in [0.25, 0.3) is 0 Å². The Morgan fingerprint density at radius 3 is 1.76 bits per heavy atom. The second-order valence-electron chi connectivity index (χ2n) is 2.79. The molecule has 0 aliphatic heterocycles. The summed E-state index contributed by atoms with van der Waals surface area (Å²) < 4.78 is 4.70. The van der Waals surface area contributed by atoms with Gasteiger partial charge in [-0.05, 0) is 17.3 Å². The summed E-state index contributed by atoms with van der Waals surface area (Å²) in [5.74, 6) is 0. The molecule has 0 unspecified atom stereocenters. The molecule has 0 N–H and O–H groups in total. The van der Waals surface area contributed by atoms with Gasteiger partial charge in [0.15, 0.2) is 0 Å². The fraction of sp³-hybridized carbons (Fsp3) is 0. The van der Waals surface area contributed by atoms with Crippen molar-refractivity contribution >= 4 is 0 Å². The van der Waals surface area contributed by atoms with Crippen LogP contribution in [0.5, 0.6) is 0 Å². The minimum absolute atomic E-state index is 1.41. The lowest BCUT2D eigenvalue weighted by Crippen LogP contribution is -1.73. The molecule has 0 aromatic carbocycles. The molecular formula is C13H13N3O. The Balaban J connectivity index is 3.01. The molecule has 0 saturated carbocycles. The van der Waals surface area contributed by atoms with Crippen molar-refractivity contribution in [2.24, 2.45) is 0 Å². The van der Waals surface area contributed by atoms with E-state index in [2.05, 4.69) is 15.6 Å². The van der Waals surface area contributed by atoms with E-state index in [1.54, 1.807) is 12.1 Å². The maximum absolute atomic E-state index is 4.70. The minimum atomic E-state index is 1.41. The van der Waals surface area contributed by atoms with Crippen LogP contribution in [0.4, 0.5) is 0 Å². The molecule has 0 aliphatic carbocycles. The van der Waals surface area contributed by atoms with Crippen LogP contribution in [0.3, 0.4) is 0 Å². The molecule has 0 bridgehead atoms. The third-order valence-corrected chi connectivity index (χ3v) is 1.54. The summed E-state index contributed by atoms with van der Waals surface area (Å²) in [5, 5.41) is 10.4. The van der Waals surface area contributed by atoms with Gasteiger partial charge in [-0.1, -0.05) is 54.6 Å². The first-order chi connectivity index (χ1) is 8.50. The molecule has 1 rings (SSSR count). The molecule has 0 atom stereocenters. The number of aromatic nitrogens is 3. The summed E-state index contributed by atoms with van der Waals surface area (Å²) in [4.78, 5) is 0. The number of hydrogen-bond acceptors (Lipinski definition) is 4. The van der Waals surface area contributed by atoms with Crippen LogP contribution in [0.2, 0.25) is 0 Å². The zero-order chi connectivity index (χ0) is 12.0. The molecule has 0 fully saturated rings. The molecule has 4 heteroatoms. The van der Waals surface area contributed by atoms with Crippen molar-refractivity contribution in [3.8, 4) is 0 Å². The molecular weight excluding hydrogens is 214 g/mol. The average Bonchev–Trinajstić information content (AvgIpc) is 2.35. The van der Waals surface area contributed by atoms with Gasteiger partial charge in [0.2, 0.25) is 0 Å². The average molecular weight is 227 g/mol. The highest BCUT2D eigenvalue weighted by atomic mass is 16.5. The van der Waals surface area contributed by atoms with Crippen LogP contribution in [-0.2, 0) is 0 Å². The van der Waals surface area contributed by atoms with Crippen molar-refractivity contribution in [1.29, 1.82) is 0 Å². The molecule has 1 aromatic heterocycles. The first kappa shape index (κ1) is 12.6. The molecule has 0 saturated heterocycles. The van der Waals surface area contributed by atoms with E-state index in [1.165, 1.54) is 12.5 Å². The predicted octanol–water partition coefficient (Wildman–Crippen LogP) is 2.84. The highest BCUT2D eigenvalue weighted by Gasteiger charge is 1.60. The molecule has 0 amide bonds. The van der Waals surface area contributed by atoms with Gasteiger partial charge in [-0.15, -0.1) is 5.10 Å². The fourth-order valence-corrected chi connectivity index (χ4v) is 0.845. The van der Waals surface area contributed by atoms with Crippen molar-refractivity contribution in [1.82, 2.24) is 15.6 Å². The summed E-state index contributed by atoms with van der Waals surface area (Å²) in [7, 11) is 0. The van der Waals surface area contributed by atoms with Crippen molar-refractivity contribution < 1.29 is 4.52 Å². The Labute approximate surface area is 99.9 Å². The molecule has 0 radical (unpaired) electrons. The summed E-state index contributed by atoms with van der Waals surface area (Å²) in [6.07, 6.45) is 2.93. The van der Waals surface area contributed by atoms with Crippen LogP contribution in [0.15, 0.2) is 83.7 Å². The minimum Gasteiger partial charge on any atom is -0.346 e. The van der Waals surface area contributed by atoms with Gasteiger partial charge in [0, 0.05) is 0 Å². The molecule has 1 aromatic rings. The van der Waals surface area contributed by atoms with E-state index in [0.29, 0.717) is 0 Å². The Kier molecular flexibility index (Phi) is 7.43. The number of hydrogen-bond donors (Lipinski definition) is 0. The maximum atomic E-state index is 4.70. The first-order valence-electron chi connectivity index (χ1n) is 5.08. The van der Waals surface area contributed by atoms with E-state index in [4.69, 9.17) is 4.52 Å². The lowest BCUT2D eigenvalue weighted by atomic mass is 10.4. The molecule has 0 aliphatic rings. The Morgan fingerprint density at radius 2 is 1.12 bits per heavy atom. The topological polar surface area (TPSA) is 51.8 Å². The van der Waals surface area contributed by atoms with E-state index >= 15 is 0 Å². The fourth-order valence-electron chi connectivity index (χ4n) is 0.845. The highest BCUT2D eigenvalue weighted by molar-refractivity contribution is 4.96. The Bertz CT molecular complexity index is 288. The Morgan fingerprint density at radius 1 is 0.588 bits per heavy atom. The smallest absolute Gasteiger partial charge is 0.124 e. The molecule has 0 spiro atoms. The van der Waals surface area contributed by atoms with Crippen molar-refractivity contribution in [2.75, 3.05) is 0 Å². The van der Waals surface area contributed by atoms with E-state index in [9.17, 15) is 0 Å². The zero-order valence-corrected chi connectivity index (χ0v) is 9.26. The standard InChI is InChI=1S/C13H13N3O/c1-2-4-6-8-10-12-14-15-16-17-13-11-9-7-5-3-1/h1-13H. The maximum Gasteiger partial charge on any atom is 0.124 e. The van der Waals surface area contributed by atoms with Crippen LogP contribution in [0.1, 0.15) is 0 Å². The van der Waals surface area contributed by atoms with E-state index < -0.39 is 0 Å². The van der Waals surface area contributed by atoms with E-state index in [1.807, 2.05) is 54.6 Å². The first-order valence-corrected chi connectivity index (χ1v) is 5.08. The second-order valence-corrected chi connectivity index (χ2v) is 2.79. The van der Waals surface area contributed by atoms with Gasteiger partial charge in [0.25, 0.3) is 0 Å². The molecule has 1 heterocycles. The van der Waals surface area contributed by atoms with Crippen LogP contribution < -0.4 is 0 Å². The monoisotopic (exact) mass is 227 g/mol. The van der Waals surface area contributed by atoms with Gasteiger partial charge >= 0.3 is 0 Å². The predicted molar refractivity (Wildman–Crippen MR) is 65.0 cm³/mol. The molecule has 4 nitrogen and oxygen atoms in total. The normalized spacial score (nSPS) is 8.00. The summed E-state index contributed by atoms with van der Waals surface area (Å²) in [5.41, 5.74) is 0. The summed E-state index contributed by atoms with van der Waals surface area (Å²) >= 11 is 0. The second kappa shape index (κ2) is 10.0. The van der Waals surface area contributed by atoms with Crippen molar-refractivity contribution in [3.63, 3.8) is 0 Å². The quantitative estimate of drug-likeness (QED) is 0.683. The van der Waals surface area contributed by atoms with Crippen LogP contribution in [-0.4, -0.2) is 15.6 Å². The van der Waals surface area contributed by atoms with Crippen LogP contribution in [0, 0.1) is 0 Å². The van der Waals surface area contributed by atoms with E-state index in [0.717, 1.165) is 0 Å². The van der Waals surface area contributed by atoms with Crippen molar-refractivity contribution in [3.05, 3.63) is 79.2 Å². The third kappa shape index (κ3) is 8.50.